The molecule has 0 aliphatic heterocycles. The molecule has 1 aromatic heterocycles. The van der Waals surface area contributed by atoms with E-state index in [2.05, 4.69) is 14.9 Å². The topological polar surface area (TPSA) is 111 Å². The maximum absolute atomic E-state index is 13.2. The molecule has 1 heterocycles. The van der Waals surface area contributed by atoms with E-state index in [-0.39, 0.29) is 17.3 Å². The number of anilines is 1. The van der Waals surface area contributed by atoms with Crippen LogP contribution >= 0.6 is 0 Å². The predicted molar refractivity (Wildman–Crippen MR) is 63.9 cm³/mol. The zero-order valence-corrected chi connectivity index (χ0v) is 10.7. The van der Waals surface area contributed by atoms with Crippen molar-refractivity contribution in [3.05, 3.63) is 35.7 Å². The largest absolute Gasteiger partial charge is 0.395 e. The van der Waals surface area contributed by atoms with Gasteiger partial charge in [-0.3, -0.25) is 0 Å². The van der Waals surface area contributed by atoms with Crippen molar-refractivity contribution >= 4 is 15.7 Å². The number of halogens is 1. The Morgan fingerprint density at radius 3 is 2.84 bits per heavy atom. The third kappa shape index (κ3) is 2.88. The van der Waals surface area contributed by atoms with E-state index in [1.807, 2.05) is 0 Å². The second-order valence-corrected chi connectivity index (χ2v) is 5.44. The highest BCUT2D eigenvalue weighted by Gasteiger charge is 2.20. The zero-order valence-electron chi connectivity index (χ0n) is 9.92. The van der Waals surface area contributed by atoms with Crippen LogP contribution < -0.4 is 10.5 Å². The number of nitrogen functional groups attached to an aromatic ring is 1. The number of para-hydroxylation sites is 1. The highest BCUT2D eigenvalue weighted by molar-refractivity contribution is 7.89. The van der Waals surface area contributed by atoms with E-state index >= 15 is 0 Å². The lowest BCUT2D eigenvalue weighted by Crippen LogP contribution is -2.25. The van der Waals surface area contributed by atoms with Gasteiger partial charge in [-0.05, 0) is 12.1 Å². The first kappa shape index (κ1) is 13.4. The smallest absolute Gasteiger partial charge is 0.243 e. The summed E-state index contributed by atoms with van der Waals surface area (Å²) in [7, 11) is -3.94. The molecule has 0 spiro atoms. The molecule has 9 heteroatoms. The Bertz CT molecular complexity index is 699. The van der Waals surface area contributed by atoms with Crippen molar-refractivity contribution in [2.24, 2.45) is 0 Å². The number of nitrogens with two attached hydrogens (primary N) is 1. The molecule has 0 radical (unpaired) electrons. The third-order valence-corrected chi connectivity index (χ3v) is 3.75. The first-order valence-electron chi connectivity index (χ1n) is 5.23. The Balaban J connectivity index is 2.21. The van der Waals surface area contributed by atoms with Crippen LogP contribution in [0, 0.1) is 12.7 Å². The normalized spacial score (nSPS) is 11.7. The van der Waals surface area contributed by atoms with E-state index in [0.717, 1.165) is 6.07 Å². The standard InChI is InChI=1S/C10H11FN4O3S/c1-6-14-9(15-18-6)5-13-19(16,17)8-4-2-3-7(11)10(8)12/h2-4,13H,5,12H2,1H3. The van der Waals surface area contributed by atoms with Gasteiger partial charge in [-0.2, -0.15) is 4.98 Å². The summed E-state index contributed by atoms with van der Waals surface area (Å²) in [4.78, 5) is 3.51. The maximum Gasteiger partial charge on any atom is 0.243 e. The fourth-order valence-electron chi connectivity index (χ4n) is 1.40. The highest BCUT2D eigenvalue weighted by atomic mass is 32.2. The van der Waals surface area contributed by atoms with Crippen LogP contribution in [0.25, 0.3) is 0 Å². The van der Waals surface area contributed by atoms with E-state index in [0.29, 0.717) is 5.89 Å². The number of sulfonamides is 1. The minimum absolute atomic E-state index is 0.171. The lowest BCUT2D eigenvalue weighted by atomic mass is 10.3. The van der Waals surface area contributed by atoms with Gasteiger partial charge in [-0.15, -0.1) is 0 Å². The van der Waals surface area contributed by atoms with Crippen molar-refractivity contribution < 1.29 is 17.3 Å². The molecule has 102 valence electrons. The molecular weight excluding hydrogens is 275 g/mol. The van der Waals surface area contributed by atoms with Gasteiger partial charge in [0, 0.05) is 6.92 Å². The molecule has 0 fully saturated rings. The van der Waals surface area contributed by atoms with Crippen LogP contribution in [0.2, 0.25) is 0 Å². The number of hydrogen-bond acceptors (Lipinski definition) is 6. The lowest BCUT2D eigenvalue weighted by Gasteiger charge is -2.07. The van der Waals surface area contributed by atoms with Gasteiger partial charge in [0.1, 0.15) is 10.7 Å². The summed E-state index contributed by atoms with van der Waals surface area (Å²) in [5.74, 6) is -0.297. The minimum atomic E-state index is -3.94. The lowest BCUT2D eigenvalue weighted by molar-refractivity contribution is 0.387. The third-order valence-electron chi connectivity index (χ3n) is 2.29. The van der Waals surface area contributed by atoms with E-state index in [1.165, 1.54) is 12.1 Å². The molecule has 1 aromatic carbocycles. The fourth-order valence-corrected chi connectivity index (χ4v) is 2.52. The van der Waals surface area contributed by atoms with Gasteiger partial charge in [-0.25, -0.2) is 17.5 Å². The molecule has 0 unspecified atom stereocenters. The van der Waals surface area contributed by atoms with Crippen LogP contribution in [0.4, 0.5) is 10.1 Å². The van der Waals surface area contributed by atoms with E-state index in [9.17, 15) is 12.8 Å². The van der Waals surface area contributed by atoms with Crippen LogP contribution in [0.5, 0.6) is 0 Å². The second-order valence-electron chi connectivity index (χ2n) is 3.71. The number of benzene rings is 1. The van der Waals surface area contributed by atoms with Crippen LogP contribution in [-0.4, -0.2) is 18.6 Å². The van der Waals surface area contributed by atoms with Crippen molar-refractivity contribution in [3.63, 3.8) is 0 Å². The maximum atomic E-state index is 13.2. The molecule has 2 rings (SSSR count). The summed E-state index contributed by atoms with van der Waals surface area (Å²) in [6.07, 6.45) is 0. The molecule has 0 atom stereocenters. The van der Waals surface area contributed by atoms with Crippen LogP contribution in [0.3, 0.4) is 0 Å². The zero-order chi connectivity index (χ0) is 14.0. The number of nitrogens with one attached hydrogen (secondary N) is 1. The van der Waals surface area contributed by atoms with Gasteiger partial charge in [0.05, 0.1) is 12.2 Å². The summed E-state index contributed by atoms with van der Waals surface area (Å²) in [5, 5.41) is 3.53. The molecule has 0 aliphatic rings. The number of nitrogens with zero attached hydrogens (tertiary/aromatic N) is 2. The first-order valence-corrected chi connectivity index (χ1v) is 6.71. The molecule has 0 amide bonds. The Morgan fingerprint density at radius 2 is 2.21 bits per heavy atom. The van der Waals surface area contributed by atoms with E-state index in [1.54, 1.807) is 6.92 Å². The van der Waals surface area contributed by atoms with Gasteiger partial charge >= 0.3 is 0 Å². The molecule has 19 heavy (non-hydrogen) atoms. The van der Waals surface area contributed by atoms with Crippen molar-refractivity contribution in [3.8, 4) is 0 Å². The highest BCUT2D eigenvalue weighted by Crippen LogP contribution is 2.20. The summed E-state index contributed by atoms with van der Waals surface area (Å²) < 4.78 is 44.0. The average Bonchev–Trinajstić information content (AvgIpc) is 2.76. The molecule has 7 nitrogen and oxygen atoms in total. The molecular formula is C10H11FN4O3S. The fraction of sp³-hybridized carbons (Fsp3) is 0.200. The molecule has 0 aliphatic carbocycles. The van der Waals surface area contributed by atoms with Gasteiger partial charge in [-0.1, -0.05) is 11.2 Å². The van der Waals surface area contributed by atoms with Gasteiger partial charge in [0.25, 0.3) is 0 Å². The van der Waals surface area contributed by atoms with Crippen LogP contribution in [-0.2, 0) is 16.6 Å². The summed E-state index contributed by atoms with van der Waals surface area (Å²) in [6.45, 7) is 1.41. The number of aromatic nitrogens is 2. The molecule has 2 aromatic rings. The summed E-state index contributed by atoms with van der Waals surface area (Å²) in [5.41, 5.74) is 4.97. The van der Waals surface area contributed by atoms with Crippen molar-refractivity contribution in [1.29, 1.82) is 0 Å². The molecule has 3 N–H and O–H groups in total. The first-order chi connectivity index (χ1) is 8.90. The molecule has 0 saturated heterocycles. The van der Waals surface area contributed by atoms with Gasteiger partial charge < -0.3 is 10.3 Å². The Morgan fingerprint density at radius 1 is 1.47 bits per heavy atom. The Hall–Kier alpha value is -2.00. The Kier molecular flexibility index (Phi) is 3.49. The number of rotatable bonds is 4. The summed E-state index contributed by atoms with van der Waals surface area (Å²) in [6, 6.07) is 3.55. The average molecular weight is 286 g/mol. The van der Waals surface area contributed by atoms with Crippen molar-refractivity contribution in [2.75, 3.05) is 5.73 Å². The quantitative estimate of drug-likeness (QED) is 0.795. The van der Waals surface area contributed by atoms with Crippen LogP contribution in [0.1, 0.15) is 11.7 Å². The van der Waals surface area contributed by atoms with Crippen molar-refractivity contribution in [2.45, 2.75) is 18.4 Å². The SMILES string of the molecule is Cc1nc(CNS(=O)(=O)c2cccc(F)c2N)no1. The second kappa shape index (κ2) is 4.94. The van der Waals surface area contributed by atoms with Gasteiger partial charge in [0.15, 0.2) is 5.82 Å². The van der Waals surface area contributed by atoms with Gasteiger partial charge in [0.2, 0.25) is 15.9 Å². The predicted octanol–water partition coefficient (Wildman–Crippen LogP) is 0.578. The number of hydrogen-bond donors (Lipinski definition) is 2. The summed E-state index contributed by atoms with van der Waals surface area (Å²) >= 11 is 0. The minimum Gasteiger partial charge on any atom is -0.395 e. The van der Waals surface area contributed by atoms with Crippen molar-refractivity contribution in [1.82, 2.24) is 14.9 Å². The van der Waals surface area contributed by atoms with E-state index < -0.39 is 21.5 Å². The van der Waals surface area contributed by atoms with Crippen LogP contribution in [0.15, 0.2) is 27.6 Å². The molecule has 0 saturated carbocycles. The number of aryl methyl sites for hydroxylation is 1. The monoisotopic (exact) mass is 286 g/mol. The Labute approximate surface area is 108 Å². The van der Waals surface area contributed by atoms with E-state index in [4.69, 9.17) is 10.3 Å². The molecule has 0 bridgehead atoms.